The van der Waals surface area contributed by atoms with Gasteiger partial charge in [-0.15, -0.1) is 0 Å². The first kappa shape index (κ1) is 15.1. The van der Waals surface area contributed by atoms with Crippen LogP contribution in [0.1, 0.15) is 15.9 Å². The van der Waals surface area contributed by atoms with Crippen molar-refractivity contribution in [2.24, 2.45) is 0 Å². The van der Waals surface area contributed by atoms with Crippen LogP contribution in [0.3, 0.4) is 0 Å². The van der Waals surface area contributed by atoms with E-state index >= 15 is 0 Å². The Bertz CT molecular complexity index is 752. The summed E-state index contributed by atoms with van der Waals surface area (Å²) in [6.07, 6.45) is 2.51. The molecule has 0 spiro atoms. The van der Waals surface area contributed by atoms with Gasteiger partial charge in [0.2, 0.25) is 5.91 Å². The molecule has 0 aliphatic rings. The molecular formula is C16H13NO5. The normalized spacial score (nSPS) is 10.5. The Kier molecular flexibility index (Phi) is 4.43. The number of hydrogen-bond acceptors (Lipinski definition) is 4. The minimum Gasteiger partial charge on any atom is -0.507 e. The van der Waals surface area contributed by atoms with Gasteiger partial charge in [0.25, 0.3) is 0 Å². The first-order chi connectivity index (χ1) is 10.5. The van der Waals surface area contributed by atoms with Crippen molar-refractivity contribution < 1.29 is 24.9 Å². The van der Waals surface area contributed by atoms with Gasteiger partial charge in [-0.1, -0.05) is 24.3 Å². The number of phenols is 2. The Morgan fingerprint density at radius 1 is 0.955 bits per heavy atom. The van der Waals surface area contributed by atoms with Crippen LogP contribution in [0.15, 0.2) is 48.5 Å². The van der Waals surface area contributed by atoms with E-state index < -0.39 is 11.9 Å². The number of carboxylic acid groups (broad SMARTS) is 1. The van der Waals surface area contributed by atoms with E-state index in [1.54, 1.807) is 18.2 Å². The molecule has 112 valence electrons. The third-order valence-electron chi connectivity index (χ3n) is 2.87. The Labute approximate surface area is 126 Å². The van der Waals surface area contributed by atoms with E-state index in [9.17, 15) is 19.8 Å². The predicted molar refractivity (Wildman–Crippen MR) is 80.8 cm³/mol. The van der Waals surface area contributed by atoms with Crippen molar-refractivity contribution in [1.29, 1.82) is 0 Å². The number of aromatic hydroxyl groups is 2. The van der Waals surface area contributed by atoms with E-state index in [1.165, 1.54) is 30.3 Å². The first-order valence-corrected chi connectivity index (χ1v) is 6.31. The average molecular weight is 299 g/mol. The summed E-state index contributed by atoms with van der Waals surface area (Å²) >= 11 is 0. The van der Waals surface area contributed by atoms with Gasteiger partial charge in [0.15, 0.2) is 0 Å². The molecule has 0 aliphatic heterocycles. The number of hydrogen-bond donors (Lipinski definition) is 4. The fraction of sp³-hybridized carbons (Fsp3) is 0. The van der Waals surface area contributed by atoms with Crippen LogP contribution in [0.25, 0.3) is 6.08 Å². The quantitative estimate of drug-likeness (QED) is 0.512. The summed E-state index contributed by atoms with van der Waals surface area (Å²) < 4.78 is 0. The molecule has 4 N–H and O–H groups in total. The van der Waals surface area contributed by atoms with E-state index in [4.69, 9.17) is 5.11 Å². The van der Waals surface area contributed by atoms with Crippen molar-refractivity contribution in [3.8, 4) is 11.5 Å². The molecule has 0 bridgehead atoms. The molecule has 2 aromatic carbocycles. The summed E-state index contributed by atoms with van der Waals surface area (Å²) in [6.45, 7) is 0. The molecule has 0 saturated carbocycles. The molecule has 0 unspecified atom stereocenters. The third-order valence-corrected chi connectivity index (χ3v) is 2.87. The zero-order valence-electron chi connectivity index (χ0n) is 11.4. The number of phenolic OH excluding ortho intramolecular Hbond substituents is 2. The van der Waals surface area contributed by atoms with Crippen LogP contribution >= 0.6 is 0 Å². The van der Waals surface area contributed by atoms with Crippen LogP contribution in [-0.2, 0) is 4.79 Å². The lowest BCUT2D eigenvalue weighted by molar-refractivity contribution is -0.111. The van der Waals surface area contributed by atoms with E-state index in [-0.39, 0.29) is 22.7 Å². The van der Waals surface area contributed by atoms with E-state index in [0.29, 0.717) is 5.56 Å². The maximum Gasteiger partial charge on any atom is 0.337 e. The van der Waals surface area contributed by atoms with Crippen molar-refractivity contribution in [2.45, 2.75) is 0 Å². The Morgan fingerprint density at radius 2 is 1.64 bits per heavy atom. The second-order valence-corrected chi connectivity index (χ2v) is 4.39. The van der Waals surface area contributed by atoms with Crippen molar-refractivity contribution >= 4 is 23.6 Å². The molecule has 6 heteroatoms. The molecule has 0 heterocycles. The van der Waals surface area contributed by atoms with E-state index in [0.717, 1.165) is 6.08 Å². The maximum atomic E-state index is 11.8. The molecule has 0 aliphatic carbocycles. The van der Waals surface area contributed by atoms with Crippen LogP contribution in [0.5, 0.6) is 11.5 Å². The molecule has 1 amide bonds. The largest absolute Gasteiger partial charge is 0.507 e. The summed E-state index contributed by atoms with van der Waals surface area (Å²) in [4.78, 5) is 22.9. The SMILES string of the molecule is O=C(/C=C/c1ccccc1O)Nc1c(O)cccc1C(=O)O. The Balaban J connectivity index is 2.20. The minimum absolute atomic E-state index is 0.0142. The number of carbonyl (C=O) groups is 2. The number of rotatable bonds is 4. The van der Waals surface area contributed by atoms with Crippen molar-refractivity contribution in [3.63, 3.8) is 0 Å². The molecule has 22 heavy (non-hydrogen) atoms. The highest BCUT2D eigenvalue weighted by Crippen LogP contribution is 2.27. The summed E-state index contributed by atoms with van der Waals surface area (Å²) in [5, 5.41) is 30.6. The summed E-state index contributed by atoms with van der Waals surface area (Å²) in [5.41, 5.74) is 0.0413. The second-order valence-electron chi connectivity index (χ2n) is 4.39. The van der Waals surface area contributed by atoms with Crippen LogP contribution in [0, 0.1) is 0 Å². The summed E-state index contributed by atoms with van der Waals surface area (Å²) in [5.74, 6) is -2.23. The Morgan fingerprint density at radius 3 is 2.32 bits per heavy atom. The lowest BCUT2D eigenvalue weighted by atomic mass is 10.1. The average Bonchev–Trinajstić information content (AvgIpc) is 2.48. The van der Waals surface area contributed by atoms with Gasteiger partial charge in [0, 0.05) is 11.6 Å². The first-order valence-electron chi connectivity index (χ1n) is 6.31. The molecular weight excluding hydrogens is 286 g/mol. The number of anilines is 1. The topological polar surface area (TPSA) is 107 Å². The highest BCUT2D eigenvalue weighted by molar-refractivity contribution is 6.07. The van der Waals surface area contributed by atoms with Gasteiger partial charge in [-0.05, 0) is 24.3 Å². The lowest BCUT2D eigenvalue weighted by Crippen LogP contribution is -2.12. The van der Waals surface area contributed by atoms with Gasteiger partial charge in [0.05, 0.1) is 11.3 Å². The number of aromatic carboxylic acids is 1. The fourth-order valence-electron chi connectivity index (χ4n) is 1.81. The van der Waals surface area contributed by atoms with E-state index in [1.807, 2.05) is 0 Å². The standard InChI is InChI=1S/C16H13NO5/c18-12-6-2-1-4-10(12)8-9-14(20)17-15-11(16(21)22)5-3-7-13(15)19/h1-9,18-19H,(H,17,20)(H,21,22)/b9-8+. The number of nitrogens with one attached hydrogen (secondary N) is 1. The highest BCUT2D eigenvalue weighted by atomic mass is 16.4. The zero-order chi connectivity index (χ0) is 16.1. The van der Waals surface area contributed by atoms with Gasteiger partial charge in [0.1, 0.15) is 11.5 Å². The van der Waals surface area contributed by atoms with Crippen LogP contribution in [-0.4, -0.2) is 27.2 Å². The predicted octanol–water partition coefficient (Wildman–Crippen LogP) is 2.45. The Hall–Kier alpha value is -3.28. The van der Waals surface area contributed by atoms with Gasteiger partial charge in [-0.3, -0.25) is 4.79 Å². The molecule has 0 radical (unpaired) electrons. The second kappa shape index (κ2) is 6.45. The molecule has 2 rings (SSSR count). The van der Waals surface area contributed by atoms with Crippen LogP contribution in [0.2, 0.25) is 0 Å². The van der Waals surface area contributed by atoms with Crippen molar-refractivity contribution in [1.82, 2.24) is 0 Å². The minimum atomic E-state index is -1.27. The van der Waals surface area contributed by atoms with Crippen LogP contribution < -0.4 is 5.32 Å². The molecule has 6 nitrogen and oxygen atoms in total. The monoisotopic (exact) mass is 299 g/mol. The molecule has 0 atom stereocenters. The molecule has 0 saturated heterocycles. The van der Waals surface area contributed by atoms with Crippen molar-refractivity contribution in [2.75, 3.05) is 5.32 Å². The molecule has 0 aromatic heterocycles. The number of benzene rings is 2. The fourth-order valence-corrected chi connectivity index (χ4v) is 1.81. The zero-order valence-corrected chi connectivity index (χ0v) is 11.4. The van der Waals surface area contributed by atoms with Gasteiger partial charge in [-0.25, -0.2) is 4.79 Å². The number of carboxylic acids is 1. The molecule has 2 aromatic rings. The van der Waals surface area contributed by atoms with E-state index in [2.05, 4.69) is 5.32 Å². The van der Waals surface area contributed by atoms with Crippen LogP contribution in [0.4, 0.5) is 5.69 Å². The summed E-state index contributed by atoms with van der Waals surface area (Å²) in [7, 11) is 0. The highest BCUT2D eigenvalue weighted by Gasteiger charge is 2.15. The van der Waals surface area contributed by atoms with Crippen molar-refractivity contribution in [3.05, 3.63) is 59.7 Å². The number of amides is 1. The lowest BCUT2D eigenvalue weighted by Gasteiger charge is -2.08. The maximum absolute atomic E-state index is 11.8. The number of para-hydroxylation sites is 2. The summed E-state index contributed by atoms with van der Waals surface area (Å²) in [6, 6.07) is 10.3. The van der Waals surface area contributed by atoms with Gasteiger partial charge in [-0.2, -0.15) is 0 Å². The number of carbonyl (C=O) groups excluding carboxylic acids is 1. The third kappa shape index (κ3) is 3.43. The smallest absolute Gasteiger partial charge is 0.337 e. The van der Waals surface area contributed by atoms with Gasteiger partial charge < -0.3 is 20.6 Å². The molecule has 0 fully saturated rings. The van der Waals surface area contributed by atoms with Gasteiger partial charge >= 0.3 is 5.97 Å².